The minimum Gasteiger partial charge on any atom is -0.480 e. The normalized spacial score (nSPS) is 9.71. The topological polar surface area (TPSA) is 110 Å². The Hall–Kier alpha value is -1.79. The third kappa shape index (κ3) is 16.9. The Kier molecular flexibility index (Phi) is 7.74. The maximum Gasteiger partial charge on any atom is 0.410 e. The van der Waals surface area contributed by atoms with Crippen molar-refractivity contribution in [2.45, 2.75) is 33.3 Å². The van der Waals surface area contributed by atoms with Gasteiger partial charge in [0.2, 0.25) is 5.91 Å². The quantitative estimate of drug-likeness (QED) is 0.736. The lowest BCUT2D eigenvalue weighted by Gasteiger charge is -2.23. The van der Waals surface area contributed by atoms with Crippen molar-refractivity contribution in [2.24, 2.45) is 5.73 Å². The summed E-state index contributed by atoms with van der Waals surface area (Å²) in [6.45, 7) is 6.12. The molecule has 0 aromatic carbocycles. The molecule has 0 spiro atoms. The van der Waals surface area contributed by atoms with Crippen LogP contribution in [-0.4, -0.2) is 47.2 Å². The van der Waals surface area contributed by atoms with E-state index in [1.54, 1.807) is 20.8 Å². The van der Waals surface area contributed by atoms with E-state index in [2.05, 4.69) is 5.73 Å². The number of carbonyl (C=O) groups excluding carboxylic acids is 2. The smallest absolute Gasteiger partial charge is 0.410 e. The molecule has 0 aliphatic rings. The largest absolute Gasteiger partial charge is 0.480 e. The molecule has 0 saturated carbocycles. The van der Waals surface area contributed by atoms with Crippen LogP contribution >= 0.6 is 0 Å². The molecule has 0 bridgehead atoms. The monoisotopic (exact) mass is 248 g/mol. The lowest BCUT2D eigenvalue weighted by molar-refractivity contribution is -0.138. The summed E-state index contributed by atoms with van der Waals surface area (Å²) in [6, 6.07) is 0. The number of nitrogens with zero attached hydrogens (tertiary/aromatic N) is 1. The van der Waals surface area contributed by atoms with Gasteiger partial charge in [-0.25, -0.2) is 4.79 Å². The van der Waals surface area contributed by atoms with Gasteiger partial charge in [0, 0.05) is 14.0 Å². The fourth-order valence-corrected chi connectivity index (χ4v) is 0.607. The van der Waals surface area contributed by atoms with Gasteiger partial charge in [0.25, 0.3) is 0 Å². The standard InChI is InChI=1S/C8H15NO4.C2H5NO/c1-8(2,3)13-7(12)9(4)5-6(10)11;1-2(3)4/h5H2,1-4H3,(H,10,11);1H3,(H2,3,4). The minimum absolute atomic E-state index is 0.333. The molecule has 0 saturated heterocycles. The van der Waals surface area contributed by atoms with Crippen LogP contribution in [0.15, 0.2) is 0 Å². The fourth-order valence-electron chi connectivity index (χ4n) is 0.607. The van der Waals surface area contributed by atoms with Gasteiger partial charge in [-0.15, -0.1) is 0 Å². The highest BCUT2D eigenvalue weighted by Gasteiger charge is 2.20. The van der Waals surface area contributed by atoms with Crippen LogP contribution in [0.4, 0.5) is 4.79 Å². The maximum absolute atomic E-state index is 11.1. The van der Waals surface area contributed by atoms with Crippen molar-refractivity contribution >= 4 is 18.0 Å². The van der Waals surface area contributed by atoms with E-state index in [0.29, 0.717) is 0 Å². The first-order valence-corrected chi connectivity index (χ1v) is 4.87. The highest BCUT2D eigenvalue weighted by Crippen LogP contribution is 2.08. The number of likely N-dealkylation sites (N-methyl/N-ethyl adjacent to an activating group) is 1. The molecule has 0 aliphatic heterocycles. The number of primary amides is 1. The molecule has 0 aromatic rings. The summed E-state index contributed by atoms with van der Waals surface area (Å²) in [6.07, 6.45) is -0.630. The lowest BCUT2D eigenvalue weighted by atomic mass is 10.2. The molecule has 100 valence electrons. The summed E-state index contributed by atoms with van der Waals surface area (Å²) in [4.78, 5) is 31.6. The van der Waals surface area contributed by atoms with Gasteiger partial charge in [-0.1, -0.05) is 0 Å². The van der Waals surface area contributed by atoms with Gasteiger partial charge in [0.1, 0.15) is 12.1 Å². The van der Waals surface area contributed by atoms with Gasteiger partial charge in [-0.2, -0.15) is 0 Å². The third-order valence-corrected chi connectivity index (χ3v) is 1.08. The van der Waals surface area contributed by atoms with Crippen molar-refractivity contribution in [3.05, 3.63) is 0 Å². The van der Waals surface area contributed by atoms with Crippen LogP contribution in [-0.2, 0) is 14.3 Å². The van der Waals surface area contributed by atoms with Crippen molar-refractivity contribution < 1.29 is 24.2 Å². The van der Waals surface area contributed by atoms with E-state index in [9.17, 15) is 14.4 Å². The molecule has 0 atom stereocenters. The Balaban J connectivity index is 0. The van der Waals surface area contributed by atoms with Gasteiger partial charge in [-0.05, 0) is 20.8 Å². The van der Waals surface area contributed by atoms with Gasteiger partial charge < -0.3 is 20.5 Å². The predicted octanol–water partition coefficient (Wildman–Crippen LogP) is 0.429. The number of nitrogens with two attached hydrogens (primary N) is 1. The third-order valence-electron chi connectivity index (χ3n) is 1.08. The lowest BCUT2D eigenvalue weighted by Crippen LogP contribution is -2.37. The molecule has 0 aliphatic carbocycles. The molecular weight excluding hydrogens is 228 g/mol. The van der Waals surface area contributed by atoms with E-state index >= 15 is 0 Å². The van der Waals surface area contributed by atoms with Crippen molar-refractivity contribution in [3.8, 4) is 0 Å². The number of carboxylic acid groups (broad SMARTS) is 1. The number of amides is 2. The summed E-state index contributed by atoms with van der Waals surface area (Å²) in [5.41, 5.74) is 3.88. The minimum atomic E-state index is -1.06. The van der Waals surface area contributed by atoms with Crippen molar-refractivity contribution in [3.63, 3.8) is 0 Å². The molecule has 0 radical (unpaired) electrons. The number of hydrogen-bond donors (Lipinski definition) is 2. The summed E-state index contributed by atoms with van der Waals surface area (Å²) < 4.78 is 4.92. The molecule has 7 nitrogen and oxygen atoms in total. The first kappa shape index (κ1) is 17.6. The van der Waals surface area contributed by atoms with Crippen LogP contribution in [0.3, 0.4) is 0 Å². The van der Waals surface area contributed by atoms with Crippen LogP contribution in [0, 0.1) is 0 Å². The number of hydrogen-bond acceptors (Lipinski definition) is 4. The zero-order valence-corrected chi connectivity index (χ0v) is 10.8. The number of rotatable bonds is 2. The summed E-state index contributed by atoms with van der Waals surface area (Å²) >= 11 is 0. The molecular formula is C10H20N2O5. The number of ether oxygens (including phenoxy) is 1. The van der Waals surface area contributed by atoms with E-state index in [0.717, 1.165) is 4.90 Å². The first-order valence-electron chi connectivity index (χ1n) is 4.87. The van der Waals surface area contributed by atoms with Crippen LogP contribution in [0.1, 0.15) is 27.7 Å². The SMILES string of the molecule is CC(N)=O.CN(CC(=O)O)C(=O)OC(C)(C)C. The Morgan fingerprint density at radius 1 is 1.29 bits per heavy atom. The highest BCUT2D eigenvalue weighted by molar-refractivity contribution is 5.76. The Morgan fingerprint density at radius 3 is 1.88 bits per heavy atom. The van der Waals surface area contributed by atoms with Crippen molar-refractivity contribution in [1.29, 1.82) is 0 Å². The number of aliphatic carboxylic acids is 1. The molecule has 7 heteroatoms. The molecule has 0 rings (SSSR count). The van der Waals surface area contributed by atoms with E-state index < -0.39 is 17.7 Å². The Labute approximate surface area is 101 Å². The molecule has 0 aromatic heterocycles. The van der Waals surface area contributed by atoms with Crippen molar-refractivity contribution in [2.75, 3.05) is 13.6 Å². The molecule has 17 heavy (non-hydrogen) atoms. The van der Waals surface area contributed by atoms with Crippen LogP contribution in [0.25, 0.3) is 0 Å². The van der Waals surface area contributed by atoms with E-state index in [4.69, 9.17) is 9.84 Å². The van der Waals surface area contributed by atoms with Gasteiger partial charge in [0.05, 0.1) is 0 Å². The van der Waals surface area contributed by atoms with E-state index in [-0.39, 0.29) is 12.5 Å². The Morgan fingerprint density at radius 2 is 1.65 bits per heavy atom. The Bertz CT molecular complexity index is 279. The molecule has 3 N–H and O–H groups in total. The van der Waals surface area contributed by atoms with Crippen LogP contribution in [0.2, 0.25) is 0 Å². The van der Waals surface area contributed by atoms with Crippen LogP contribution < -0.4 is 5.73 Å². The summed E-state index contributed by atoms with van der Waals surface area (Å²) in [7, 11) is 1.38. The zero-order valence-electron chi connectivity index (χ0n) is 10.8. The average molecular weight is 248 g/mol. The van der Waals surface area contributed by atoms with Gasteiger partial charge >= 0.3 is 12.1 Å². The number of carbonyl (C=O) groups is 3. The van der Waals surface area contributed by atoms with Gasteiger partial charge in [0.15, 0.2) is 0 Å². The van der Waals surface area contributed by atoms with Crippen LogP contribution in [0.5, 0.6) is 0 Å². The van der Waals surface area contributed by atoms with E-state index in [1.165, 1.54) is 14.0 Å². The van der Waals surface area contributed by atoms with Gasteiger partial charge in [-0.3, -0.25) is 9.59 Å². The first-order chi connectivity index (χ1) is 7.45. The molecule has 0 fully saturated rings. The van der Waals surface area contributed by atoms with Crippen molar-refractivity contribution in [1.82, 2.24) is 4.90 Å². The second-order valence-electron chi connectivity index (χ2n) is 4.34. The number of carboxylic acids is 1. The zero-order chi connectivity index (χ0) is 14.2. The molecule has 0 heterocycles. The predicted molar refractivity (Wildman–Crippen MR) is 61.4 cm³/mol. The average Bonchev–Trinajstić information content (AvgIpc) is 1.97. The summed E-state index contributed by atoms with van der Waals surface area (Å²) in [5, 5.41) is 8.38. The fraction of sp³-hybridized carbons (Fsp3) is 0.700. The maximum atomic E-state index is 11.1. The second-order valence-corrected chi connectivity index (χ2v) is 4.34. The summed E-state index contributed by atoms with van der Waals surface area (Å²) in [5.74, 6) is -1.40. The second kappa shape index (κ2) is 7.48. The highest BCUT2D eigenvalue weighted by atomic mass is 16.6. The van der Waals surface area contributed by atoms with E-state index in [1.807, 2.05) is 0 Å². The molecule has 2 amide bonds. The molecule has 0 unspecified atom stereocenters.